The fourth-order valence-electron chi connectivity index (χ4n) is 1.89. The lowest BCUT2D eigenvalue weighted by Gasteiger charge is -2.30. The van der Waals surface area contributed by atoms with Gasteiger partial charge in [-0.2, -0.15) is 5.10 Å². The monoisotopic (exact) mass is 205 g/mol. The molecule has 0 saturated carbocycles. The number of nitrogens with zero attached hydrogens (tertiary/aromatic N) is 3. The number of aromatic nitrogens is 2. The average Bonchev–Trinajstić information content (AvgIpc) is 2.30. The molecule has 0 N–H and O–H groups in total. The second-order valence-corrected chi connectivity index (χ2v) is 4.02. The highest BCUT2D eigenvalue weighted by Crippen LogP contribution is 2.19. The number of anilines is 1. The Bertz CT molecular complexity index is 336. The molecule has 1 atom stereocenters. The first kappa shape index (κ1) is 10.1. The second-order valence-electron chi connectivity index (χ2n) is 4.02. The van der Waals surface area contributed by atoms with Crippen LogP contribution in [-0.2, 0) is 4.79 Å². The van der Waals surface area contributed by atoms with Crippen LogP contribution in [0.2, 0.25) is 0 Å². The van der Waals surface area contributed by atoms with Crippen molar-refractivity contribution in [3.8, 4) is 0 Å². The quantitative estimate of drug-likeness (QED) is 0.681. The molecule has 0 aliphatic carbocycles. The van der Waals surface area contributed by atoms with Crippen LogP contribution in [0.1, 0.15) is 18.5 Å². The molecule has 0 spiro atoms. The number of aldehydes is 1. The van der Waals surface area contributed by atoms with Crippen LogP contribution in [0.4, 0.5) is 5.82 Å². The van der Waals surface area contributed by atoms with Gasteiger partial charge in [-0.15, -0.1) is 5.10 Å². The van der Waals surface area contributed by atoms with Crippen molar-refractivity contribution >= 4 is 12.1 Å². The highest BCUT2D eigenvalue weighted by molar-refractivity contribution is 5.56. The normalized spacial score (nSPS) is 21.4. The molecule has 0 bridgehead atoms. The van der Waals surface area contributed by atoms with Crippen molar-refractivity contribution in [2.24, 2.45) is 5.92 Å². The van der Waals surface area contributed by atoms with E-state index in [1.54, 1.807) is 0 Å². The van der Waals surface area contributed by atoms with Crippen LogP contribution >= 0.6 is 0 Å². The zero-order chi connectivity index (χ0) is 10.7. The summed E-state index contributed by atoms with van der Waals surface area (Å²) in [5, 5.41) is 8.16. The fraction of sp³-hybridized carbons (Fsp3) is 0.545. The lowest BCUT2D eigenvalue weighted by molar-refractivity contribution is -0.111. The van der Waals surface area contributed by atoms with Crippen molar-refractivity contribution < 1.29 is 4.79 Å². The topological polar surface area (TPSA) is 46.1 Å². The average molecular weight is 205 g/mol. The Morgan fingerprint density at radius 3 is 3.00 bits per heavy atom. The molecule has 1 fully saturated rings. The molecule has 1 aromatic heterocycles. The molecule has 4 heteroatoms. The molecule has 1 unspecified atom stereocenters. The number of piperidine rings is 1. The van der Waals surface area contributed by atoms with Crippen molar-refractivity contribution in [2.45, 2.75) is 19.8 Å². The summed E-state index contributed by atoms with van der Waals surface area (Å²) in [7, 11) is 0. The van der Waals surface area contributed by atoms with Crippen molar-refractivity contribution in [3.05, 3.63) is 17.8 Å². The lowest BCUT2D eigenvalue weighted by Crippen LogP contribution is -2.36. The Kier molecular flexibility index (Phi) is 2.94. The summed E-state index contributed by atoms with van der Waals surface area (Å²) < 4.78 is 0. The lowest BCUT2D eigenvalue weighted by atomic mass is 10.00. The van der Waals surface area contributed by atoms with E-state index < -0.39 is 0 Å². The van der Waals surface area contributed by atoms with Gasteiger partial charge in [-0.05, 0) is 31.9 Å². The van der Waals surface area contributed by atoms with E-state index >= 15 is 0 Å². The first-order valence-corrected chi connectivity index (χ1v) is 5.30. The summed E-state index contributed by atoms with van der Waals surface area (Å²) in [6.07, 6.45) is 3.10. The van der Waals surface area contributed by atoms with Crippen molar-refractivity contribution in [1.29, 1.82) is 0 Å². The predicted molar refractivity (Wildman–Crippen MR) is 57.8 cm³/mol. The molecule has 1 aliphatic heterocycles. The fourth-order valence-corrected chi connectivity index (χ4v) is 1.89. The highest BCUT2D eigenvalue weighted by atomic mass is 16.1. The van der Waals surface area contributed by atoms with Gasteiger partial charge in [0.05, 0.1) is 5.69 Å². The van der Waals surface area contributed by atoms with E-state index in [9.17, 15) is 4.79 Å². The van der Waals surface area contributed by atoms with Gasteiger partial charge in [0.15, 0.2) is 5.82 Å². The minimum absolute atomic E-state index is 0.154. The summed E-state index contributed by atoms with van der Waals surface area (Å²) in [6.45, 7) is 3.67. The van der Waals surface area contributed by atoms with Gasteiger partial charge in [0, 0.05) is 19.0 Å². The summed E-state index contributed by atoms with van der Waals surface area (Å²) in [5.41, 5.74) is 0.919. The highest BCUT2D eigenvalue weighted by Gasteiger charge is 2.20. The molecular weight excluding hydrogens is 190 g/mol. The Balaban J connectivity index is 2.09. The Morgan fingerprint density at radius 2 is 2.33 bits per heavy atom. The van der Waals surface area contributed by atoms with Gasteiger partial charge in [-0.3, -0.25) is 0 Å². The third-order valence-corrected chi connectivity index (χ3v) is 2.76. The van der Waals surface area contributed by atoms with Gasteiger partial charge in [-0.1, -0.05) is 0 Å². The van der Waals surface area contributed by atoms with Crippen LogP contribution in [0.25, 0.3) is 0 Å². The molecule has 1 saturated heterocycles. The Morgan fingerprint density at radius 1 is 1.47 bits per heavy atom. The van der Waals surface area contributed by atoms with E-state index in [1.807, 2.05) is 19.1 Å². The molecule has 15 heavy (non-hydrogen) atoms. The van der Waals surface area contributed by atoms with E-state index in [-0.39, 0.29) is 5.92 Å². The van der Waals surface area contributed by atoms with Crippen LogP contribution < -0.4 is 4.90 Å². The first-order chi connectivity index (χ1) is 7.29. The van der Waals surface area contributed by atoms with Gasteiger partial charge in [0.25, 0.3) is 0 Å². The van der Waals surface area contributed by atoms with Crippen LogP contribution in [0, 0.1) is 12.8 Å². The Hall–Kier alpha value is -1.45. The van der Waals surface area contributed by atoms with Gasteiger partial charge in [-0.25, -0.2) is 0 Å². The third kappa shape index (κ3) is 2.32. The number of hydrogen-bond donors (Lipinski definition) is 0. The first-order valence-electron chi connectivity index (χ1n) is 5.30. The number of hydrogen-bond acceptors (Lipinski definition) is 4. The number of aryl methyl sites for hydroxylation is 1. The second kappa shape index (κ2) is 4.38. The predicted octanol–water partition coefficient (Wildman–Crippen LogP) is 1.20. The molecule has 2 heterocycles. The summed E-state index contributed by atoms with van der Waals surface area (Å²) in [4.78, 5) is 12.9. The molecule has 1 aliphatic rings. The minimum Gasteiger partial charge on any atom is -0.354 e. The largest absolute Gasteiger partial charge is 0.354 e. The Labute approximate surface area is 89.3 Å². The molecule has 4 nitrogen and oxygen atoms in total. The summed E-state index contributed by atoms with van der Waals surface area (Å²) in [6, 6.07) is 3.92. The molecule has 0 radical (unpaired) electrons. The maximum absolute atomic E-state index is 10.7. The number of carbonyl (C=O) groups is 1. The van der Waals surface area contributed by atoms with Crippen LogP contribution in [0.5, 0.6) is 0 Å². The van der Waals surface area contributed by atoms with E-state index in [2.05, 4.69) is 15.1 Å². The zero-order valence-corrected chi connectivity index (χ0v) is 8.89. The number of rotatable bonds is 2. The molecule has 1 aromatic rings. The van der Waals surface area contributed by atoms with Gasteiger partial charge >= 0.3 is 0 Å². The maximum Gasteiger partial charge on any atom is 0.151 e. The van der Waals surface area contributed by atoms with E-state index in [0.29, 0.717) is 0 Å². The molecule has 80 valence electrons. The number of carbonyl (C=O) groups excluding carboxylic acids is 1. The summed E-state index contributed by atoms with van der Waals surface area (Å²) in [5.74, 6) is 1.04. The van der Waals surface area contributed by atoms with Gasteiger partial charge in [0.2, 0.25) is 0 Å². The summed E-state index contributed by atoms with van der Waals surface area (Å²) >= 11 is 0. The van der Waals surface area contributed by atoms with Gasteiger partial charge < -0.3 is 9.69 Å². The van der Waals surface area contributed by atoms with E-state index in [4.69, 9.17) is 0 Å². The smallest absolute Gasteiger partial charge is 0.151 e. The molecular formula is C11H15N3O. The standard InChI is InChI=1S/C11H15N3O/c1-9-4-5-11(13-12-9)14-6-2-3-10(7-14)8-15/h4-5,8,10H,2-3,6-7H2,1H3. The van der Waals surface area contributed by atoms with E-state index in [0.717, 1.165) is 43.7 Å². The van der Waals surface area contributed by atoms with Crippen molar-refractivity contribution in [3.63, 3.8) is 0 Å². The SMILES string of the molecule is Cc1ccc(N2CCCC(C=O)C2)nn1. The van der Waals surface area contributed by atoms with Crippen LogP contribution in [-0.4, -0.2) is 29.6 Å². The minimum atomic E-state index is 0.154. The van der Waals surface area contributed by atoms with Crippen molar-refractivity contribution in [2.75, 3.05) is 18.0 Å². The third-order valence-electron chi connectivity index (χ3n) is 2.76. The van der Waals surface area contributed by atoms with E-state index in [1.165, 1.54) is 0 Å². The van der Waals surface area contributed by atoms with Crippen molar-refractivity contribution in [1.82, 2.24) is 10.2 Å². The molecule has 0 amide bonds. The van der Waals surface area contributed by atoms with Crippen LogP contribution in [0.15, 0.2) is 12.1 Å². The van der Waals surface area contributed by atoms with Gasteiger partial charge in [0.1, 0.15) is 6.29 Å². The molecule has 0 aromatic carbocycles. The van der Waals surface area contributed by atoms with Crippen LogP contribution in [0.3, 0.4) is 0 Å². The zero-order valence-electron chi connectivity index (χ0n) is 8.89. The maximum atomic E-state index is 10.7. The molecule has 2 rings (SSSR count).